The first-order valence-electron chi connectivity index (χ1n) is 13.2. The molecule has 1 atom stereocenters. The number of nitrogens with one attached hydrogen (secondary N) is 1. The summed E-state index contributed by atoms with van der Waals surface area (Å²) in [6.45, 7) is 1.25. The molecule has 3 aromatic rings. The summed E-state index contributed by atoms with van der Waals surface area (Å²) in [5, 5.41) is 3.50. The quantitative estimate of drug-likeness (QED) is 0.342. The Morgan fingerprint density at radius 2 is 1.68 bits per heavy atom. The van der Waals surface area contributed by atoms with Crippen LogP contribution in [0.3, 0.4) is 0 Å². The van der Waals surface area contributed by atoms with E-state index in [-0.39, 0.29) is 29.1 Å². The van der Waals surface area contributed by atoms with Crippen molar-refractivity contribution in [3.8, 4) is 5.75 Å². The van der Waals surface area contributed by atoms with Gasteiger partial charge in [0.2, 0.25) is 11.8 Å². The first-order valence-corrected chi connectivity index (χ1v) is 15.1. The average molecular weight is 584 g/mol. The Bertz CT molecular complexity index is 1410. The molecule has 1 aliphatic carbocycles. The molecule has 0 aliphatic heterocycles. The van der Waals surface area contributed by atoms with Crippen molar-refractivity contribution < 1.29 is 22.7 Å². The van der Waals surface area contributed by atoms with Crippen LogP contribution in [0.25, 0.3) is 0 Å². The van der Waals surface area contributed by atoms with Crippen molar-refractivity contribution in [1.82, 2.24) is 10.2 Å². The molecule has 8 nitrogen and oxygen atoms in total. The largest absolute Gasteiger partial charge is 0.497 e. The van der Waals surface area contributed by atoms with E-state index in [0.29, 0.717) is 10.8 Å². The van der Waals surface area contributed by atoms with Crippen molar-refractivity contribution in [2.24, 2.45) is 0 Å². The predicted octanol–water partition coefficient (Wildman–Crippen LogP) is 5.02. The summed E-state index contributed by atoms with van der Waals surface area (Å²) in [7, 11) is -2.57. The van der Waals surface area contributed by atoms with Gasteiger partial charge < -0.3 is 15.0 Å². The molecule has 40 heavy (non-hydrogen) atoms. The van der Waals surface area contributed by atoms with E-state index in [1.807, 2.05) is 6.07 Å². The molecule has 4 rings (SSSR count). The zero-order valence-electron chi connectivity index (χ0n) is 22.6. The lowest BCUT2D eigenvalue weighted by Gasteiger charge is -2.32. The Morgan fingerprint density at radius 3 is 2.33 bits per heavy atom. The topological polar surface area (TPSA) is 96.0 Å². The predicted molar refractivity (Wildman–Crippen MR) is 156 cm³/mol. The van der Waals surface area contributed by atoms with E-state index in [1.165, 1.54) is 17.0 Å². The third-order valence-electron chi connectivity index (χ3n) is 7.08. The van der Waals surface area contributed by atoms with Crippen LogP contribution in [0, 0.1) is 0 Å². The van der Waals surface area contributed by atoms with Gasteiger partial charge >= 0.3 is 0 Å². The Kier molecular flexibility index (Phi) is 9.71. The van der Waals surface area contributed by atoms with Crippen LogP contribution in [0.1, 0.15) is 38.2 Å². The smallest absolute Gasteiger partial charge is 0.264 e. The van der Waals surface area contributed by atoms with Crippen molar-refractivity contribution >= 4 is 39.1 Å². The number of benzene rings is 3. The lowest BCUT2D eigenvalue weighted by atomic mass is 10.1. The van der Waals surface area contributed by atoms with Gasteiger partial charge in [0.15, 0.2) is 0 Å². The first kappa shape index (κ1) is 29.4. The van der Waals surface area contributed by atoms with E-state index in [0.717, 1.165) is 35.6 Å². The summed E-state index contributed by atoms with van der Waals surface area (Å²) in [6.07, 6.45) is 3.92. The molecule has 0 saturated heterocycles. The second-order valence-electron chi connectivity index (χ2n) is 9.84. The molecular weight excluding hydrogens is 550 g/mol. The maximum absolute atomic E-state index is 14.0. The number of ether oxygens (including phenoxy) is 1. The van der Waals surface area contributed by atoms with Gasteiger partial charge in [0.05, 0.1) is 17.7 Å². The number of rotatable bonds is 11. The standard InChI is InChI=1S/C30H34ClN3O5S/c1-22(30(36)32-25-10-6-7-11-25)33(20-23-9-8-12-27(19-23)39-2)29(35)21-34(26-17-15-24(31)16-18-26)40(37,38)28-13-4-3-5-14-28/h3-5,8-9,12-19,22,25H,6-7,10-11,20-21H2,1-2H3,(H,32,36)/t22-/m0/s1. The van der Waals surface area contributed by atoms with E-state index >= 15 is 0 Å². The summed E-state index contributed by atoms with van der Waals surface area (Å²) >= 11 is 6.07. The van der Waals surface area contributed by atoms with Crippen LogP contribution in [0.5, 0.6) is 5.75 Å². The third kappa shape index (κ3) is 7.14. The van der Waals surface area contributed by atoms with E-state index in [9.17, 15) is 18.0 Å². The SMILES string of the molecule is COc1cccc(CN(C(=O)CN(c2ccc(Cl)cc2)S(=O)(=O)c2ccccc2)[C@@H](C)C(=O)NC2CCCC2)c1. The van der Waals surface area contributed by atoms with Gasteiger partial charge in [-0.1, -0.05) is 54.8 Å². The lowest BCUT2D eigenvalue weighted by Crippen LogP contribution is -2.52. The van der Waals surface area contributed by atoms with Crippen LogP contribution in [0.2, 0.25) is 5.02 Å². The number of methoxy groups -OCH3 is 1. The number of anilines is 1. The Hall–Kier alpha value is -3.56. The fraction of sp³-hybridized carbons (Fsp3) is 0.333. The highest BCUT2D eigenvalue weighted by Crippen LogP contribution is 2.26. The summed E-state index contributed by atoms with van der Waals surface area (Å²) in [5.74, 6) is -0.180. The highest BCUT2D eigenvalue weighted by atomic mass is 35.5. The molecule has 0 bridgehead atoms. The van der Waals surface area contributed by atoms with E-state index in [2.05, 4.69) is 5.32 Å². The van der Waals surface area contributed by atoms with E-state index in [1.54, 1.807) is 74.7 Å². The molecule has 2 amide bonds. The number of carbonyl (C=O) groups is 2. The number of nitrogens with zero attached hydrogens (tertiary/aromatic N) is 2. The summed E-state index contributed by atoms with van der Waals surface area (Å²) in [4.78, 5) is 28.8. The molecule has 0 radical (unpaired) electrons. The third-order valence-corrected chi connectivity index (χ3v) is 9.12. The maximum atomic E-state index is 14.0. The Morgan fingerprint density at radius 1 is 1.00 bits per heavy atom. The minimum Gasteiger partial charge on any atom is -0.497 e. The summed E-state index contributed by atoms with van der Waals surface area (Å²) < 4.78 is 34.0. The molecule has 0 unspecified atom stereocenters. The zero-order chi connectivity index (χ0) is 28.7. The van der Waals surface area contributed by atoms with Crippen molar-refractivity contribution in [3.63, 3.8) is 0 Å². The Labute approximate surface area is 240 Å². The first-order chi connectivity index (χ1) is 19.2. The fourth-order valence-corrected chi connectivity index (χ4v) is 6.36. The second kappa shape index (κ2) is 13.2. The lowest BCUT2D eigenvalue weighted by molar-refractivity contribution is -0.139. The number of halogens is 1. The molecule has 1 saturated carbocycles. The summed E-state index contributed by atoms with van der Waals surface area (Å²) in [6, 6.07) is 20.6. The molecule has 1 N–H and O–H groups in total. The van der Waals surface area contributed by atoms with E-state index in [4.69, 9.17) is 16.3 Å². The van der Waals surface area contributed by atoms with Gasteiger partial charge in [-0.25, -0.2) is 8.42 Å². The Balaban J connectivity index is 1.68. The number of hydrogen-bond donors (Lipinski definition) is 1. The number of sulfonamides is 1. The van der Waals surface area contributed by atoms with Crippen molar-refractivity contribution in [2.75, 3.05) is 18.0 Å². The molecule has 212 valence electrons. The molecule has 3 aromatic carbocycles. The van der Waals surface area contributed by atoms with Gasteiger partial charge in [0, 0.05) is 17.6 Å². The highest BCUT2D eigenvalue weighted by Gasteiger charge is 2.33. The molecule has 0 aromatic heterocycles. The molecule has 1 fully saturated rings. The van der Waals surface area contributed by atoms with Crippen molar-refractivity contribution in [2.45, 2.75) is 56.1 Å². The van der Waals surface area contributed by atoms with Gasteiger partial charge in [-0.2, -0.15) is 0 Å². The minimum absolute atomic E-state index is 0.0455. The molecule has 1 aliphatic rings. The fourth-order valence-electron chi connectivity index (χ4n) is 4.80. The molecular formula is C30H34ClN3O5S. The van der Waals surface area contributed by atoms with Crippen LogP contribution < -0.4 is 14.4 Å². The molecule has 0 spiro atoms. The highest BCUT2D eigenvalue weighted by molar-refractivity contribution is 7.92. The van der Waals surface area contributed by atoms with Crippen LogP contribution in [-0.2, 0) is 26.2 Å². The van der Waals surface area contributed by atoms with Crippen LogP contribution in [0.15, 0.2) is 83.8 Å². The molecule has 10 heteroatoms. The van der Waals surface area contributed by atoms with Gasteiger partial charge in [0.25, 0.3) is 10.0 Å². The second-order valence-corrected chi connectivity index (χ2v) is 12.1. The molecule has 0 heterocycles. The zero-order valence-corrected chi connectivity index (χ0v) is 24.2. The normalized spacial score (nSPS) is 14.4. The average Bonchev–Trinajstić information content (AvgIpc) is 3.48. The van der Waals surface area contributed by atoms with Gasteiger partial charge in [-0.15, -0.1) is 0 Å². The van der Waals surface area contributed by atoms with Crippen LogP contribution in [0.4, 0.5) is 5.69 Å². The monoisotopic (exact) mass is 583 g/mol. The maximum Gasteiger partial charge on any atom is 0.264 e. The number of hydrogen-bond acceptors (Lipinski definition) is 5. The van der Waals surface area contributed by atoms with Crippen LogP contribution >= 0.6 is 11.6 Å². The summed E-state index contributed by atoms with van der Waals surface area (Å²) in [5.41, 5.74) is 1.03. The number of carbonyl (C=O) groups excluding carboxylic acids is 2. The van der Waals surface area contributed by atoms with Gasteiger partial charge in [-0.05, 0) is 73.9 Å². The van der Waals surface area contributed by atoms with Crippen molar-refractivity contribution in [3.05, 3.63) is 89.4 Å². The van der Waals surface area contributed by atoms with E-state index < -0.39 is 28.5 Å². The van der Waals surface area contributed by atoms with Gasteiger partial charge in [0.1, 0.15) is 18.3 Å². The van der Waals surface area contributed by atoms with Gasteiger partial charge in [-0.3, -0.25) is 13.9 Å². The number of amides is 2. The minimum atomic E-state index is -4.12. The van der Waals surface area contributed by atoms with Crippen LogP contribution in [-0.4, -0.2) is 50.9 Å². The van der Waals surface area contributed by atoms with Crippen molar-refractivity contribution in [1.29, 1.82) is 0 Å².